The van der Waals surface area contributed by atoms with Crippen LogP contribution in [0.4, 0.5) is 13.2 Å². The molecule has 0 radical (unpaired) electrons. The maximum atomic E-state index is 11.9. The molecule has 0 aliphatic heterocycles. The Morgan fingerprint density at radius 3 is 1.86 bits per heavy atom. The Labute approximate surface area is 87.3 Å². The van der Waals surface area contributed by atoms with E-state index >= 15 is 0 Å². The maximum Gasteiger partial charge on any atom is 0.443 e. The van der Waals surface area contributed by atoms with Gasteiger partial charge in [-0.3, -0.25) is 0 Å². The molecule has 0 unspecified atom stereocenters. The zero-order valence-corrected chi connectivity index (χ0v) is 9.91. The minimum atomic E-state index is -4.21. The van der Waals surface area contributed by atoms with E-state index in [2.05, 4.69) is 0 Å². The fraction of sp³-hybridized carbons (Fsp3) is 1.00. The summed E-state index contributed by atoms with van der Waals surface area (Å²) in [7, 11) is -3.11. The van der Waals surface area contributed by atoms with Crippen LogP contribution in [0, 0.1) is 0 Å². The van der Waals surface area contributed by atoms with Gasteiger partial charge in [-0.1, -0.05) is 11.1 Å². The van der Waals surface area contributed by atoms with Gasteiger partial charge in [-0.15, -0.1) is 0 Å². The fourth-order valence-corrected chi connectivity index (χ4v) is 3.66. The lowest BCUT2D eigenvalue weighted by atomic mass is 10.5. The van der Waals surface area contributed by atoms with Gasteiger partial charge in [0, 0.05) is 25.7 Å². The van der Waals surface area contributed by atoms with Gasteiger partial charge in [0.15, 0.2) is 0 Å². The fourth-order valence-electron chi connectivity index (χ4n) is 0.908. The van der Waals surface area contributed by atoms with Crippen molar-refractivity contribution in [3.05, 3.63) is 0 Å². The smallest absolute Gasteiger partial charge is 0.383 e. The minimum Gasteiger partial charge on any atom is -0.383 e. The van der Waals surface area contributed by atoms with Crippen molar-refractivity contribution in [1.29, 1.82) is 0 Å². The van der Waals surface area contributed by atoms with Crippen molar-refractivity contribution in [3.63, 3.8) is 0 Å². The second-order valence-electron chi connectivity index (χ2n) is 2.64. The average Bonchev–Trinajstić information content (AvgIpc) is 2.01. The molecular formula is C7H14ClF3O2Si. The number of hydrogen-bond donors (Lipinski definition) is 0. The van der Waals surface area contributed by atoms with E-state index < -0.39 is 20.5 Å². The standard InChI is InChI=1S/C7H14ClF3O2Si/c1-3-12-14(8,13-4-2)6-5-7(9,10)11/h3-6H2,1-2H3. The Morgan fingerprint density at radius 2 is 1.57 bits per heavy atom. The summed E-state index contributed by atoms with van der Waals surface area (Å²) in [6.07, 6.45) is -5.16. The van der Waals surface area contributed by atoms with E-state index in [0.717, 1.165) is 0 Å². The molecule has 0 bridgehead atoms. The van der Waals surface area contributed by atoms with Crippen LogP contribution < -0.4 is 0 Å². The Kier molecular flexibility index (Phi) is 6.04. The molecule has 0 aromatic carbocycles. The molecule has 14 heavy (non-hydrogen) atoms. The SMILES string of the molecule is CCO[Si](Cl)(CCC(F)(F)F)OCC. The largest absolute Gasteiger partial charge is 0.443 e. The van der Waals surface area contributed by atoms with Crippen LogP contribution in [0.25, 0.3) is 0 Å². The van der Waals surface area contributed by atoms with Crippen molar-refractivity contribution in [2.24, 2.45) is 0 Å². The second-order valence-corrected chi connectivity index (χ2v) is 6.77. The zero-order chi connectivity index (χ0) is 11.2. The molecule has 0 aromatic heterocycles. The van der Waals surface area contributed by atoms with Gasteiger partial charge in [-0.05, 0) is 13.8 Å². The van der Waals surface area contributed by atoms with E-state index in [1.54, 1.807) is 13.8 Å². The van der Waals surface area contributed by atoms with Crippen LogP contribution in [0.1, 0.15) is 20.3 Å². The van der Waals surface area contributed by atoms with Crippen LogP contribution in [0.2, 0.25) is 6.04 Å². The third-order valence-corrected chi connectivity index (χ3v) is 4.94. The molecule has 0 N–H and O–H groups in total. The van der Waals surface area contributed by atoms with Crippen LogP contribution in [-0.4, -0.2) is 27.3 Å². The molecule has 0 heterocycles. The van der Waals surface area contributed by atoms with Crippen LogP contribution >= 0.6 is 11.1 Å². The van der Waals surface area contributed by atoms with E-state index in [1.807, 2.05) is 0 Å². The van der Waals surface area contributed by atoms with E-state index in [-0.39, 0.29) is 19.3 Å². The molecule has 0 aliphatic carbocycles. The molecule has 0 atom stereocenters. The monoisotopic (exact) mass is 250 g/mol. The highest BCUT2D eigenvalue weighted by Gasteiger charge is 2.40. The Bertz CT molecular complexity index is 160. The highest BCUT2D eigenvalue weighted by molar-refractivity contribution is 7.12. The van der Waals surface area contributed by atoms with E-state index in [4.69, 9.17) is 19.9 Å². The zero-order valence-electron chi connectivity index (χ0n) is 8.16. The minimum absolute atomic E-state index is 0.264. The first-order valence-electron chi connectivity index (χ1n) is 4.36. The molecule has 0 spiro atoms. The first-order valence-corrected chi connectivity index (χ1v) is 7.40. The van der Waals surface area contributed by atoms with Crippen molar-refractivity contribution in [1.82, 2.24) is 0 Å². The summed E-state index contributed by atoms with van der Waals surface area (Å²) in [5.74, 6) is 0. The highest BCUT2D eigenvalue weighted by atomic mass is 35.6. The van der Waals surface area contributed by atoms with Crippen molar-refractivity contribution in [3.8, 4) is 0 Å². The Hall–Kier alpha value is 0.217. The van der Waals surface area contributed by atoms with Crippen LogP contribution in [0.3, 0.4) is 0 Å². The van der Waals surface area contributed by atoms with Crippen LogP contribution in [-0.2, 0) is 8.85 Å². The molecule has 0 saturated carbocycles. The van der Waals surface area contributed by atoms with Gasteiger partial charge in [-0.2, -0.15) is 13.2 Å². The lowest BCUT2D eigenvalue weighted by molar-refractivity contribution is -0.131. The summed E-state index contributed by atoms with van der Waals surface area (Å²) in [5, 5.41) is 0. The number of hydrogen-bond acceptors (Lipinski definition) is 2. The third kappa shape index (κ3) is 6.64. The van der Waals surface area contributed by atoms with Gasteiger partial charge in [-0.25, -0.2) is 0 Å². The lowest BCUT2D eigenvalue weighted by Gasteiger charge is -2.23. The molecule has 0 saturated heterocycles. The average molecular weight is 251 g/mol. The van der Waals surface area contributed by atoms with Crippen molar-refractivity contribution < 1.29 is 22.0 Å². The predicted molar refractivity (Wildman–Crippen MR) is 50.3 cm³/mol. The third-order valence-electron chi connectivity index (χ3n) is 1.43. The molecule has 0 amide bonds. The first-order chi connectivity index (χ1) is 6.33. The van der Waals surface area contributed by atoms with Crippen LogP contribution in [0.5, 0.6) is 0 Å². The normalized spacial score (nSPS) is 13.3. The quantitative estimate of drug-likeness (QED) is 0.532. The van der Waals surface area contributed by atoms with Gasteiger partial charge in [0.1, 0.15) is 0 Å². The molecule has 86 valence electrons. The second kappa shape index (κ2) is 5.94. The van der Waals surface area contributed by atoms with Crippen molar-refractivity contribution in [2.75, 3.05) is 13.2 Å². The van der Waals surface area contributed by atoms with Crippen LogP contribution in [0.15, 0.2) is 0 Å². The van der Waals surface area contributed by atoms with Gasteiger partial charge in [0.25, 0.3) is 0 Å². The summed E-state index contributed by atoms with van der Waals surface area (Å²) in [6, 6.07) is -0.264. The molecule has 7 heteroatoms. The maximum absolute atomic E-state index is 11.9. The van der Waals surface area contributed by atoms with Gasteiger partial charge < -0.3 is 8.85 Å². The highest BCUT2D eigenvalue weighted by Crippen LogP contribution is 2.29. The Morgan fingerprint density at radius 1 is 1.14 bits per heavy atom. The first kappa shape index (κ1) is 14.2. The number of halogens is 4. The number of alkyl halides is 3. The van der Waals surface area contributed by atoms with Crippen molar-refractivity contribution >= 4 is 18.9 Å². The summed E-state index contributed by atoms with van der Waals surface area (Å²) in [6.45, 7) is 3.90. The molecule has 0 aliphatic rings. The summed E-state index contributed by atoms with van der Waals surface area (Å²) >= 11 is 5.84. The van der Waals surface area contributed by atoms with E-state index in [0.29, 0.717) is 0 Å². The molecule has 2 nitrogen and oxygen atoms in total. The summed E-state index contributed by atoms with van der Waals surface area (Å²) in [5.41, 5.74) is 0. The van der Waals surface area contributed by atoms with Gasteiger partial charge in [0.05, 0.1) is 0 Å². The Balaban J connectivity index is 4.08. The van der Waals surface area contributed by atoms with Crippen molar-refractivity contribution in [2.45, 2.75) is 32.5 Å². The summed E-state index contributed by atoms with van der Waals surface area (Å²) in [4.78, 5) is 0. The molecule has 0 rings (SSSR count). The van der Waals surface area contributed by atoms with E-state index in [1.165, 1.54) is 0 Å². The lowest BCUT2D eigenvalue weighted by Crippen LogP contribution is -2.37. The summed E-state index contributed by atoms with van der Waals surface area (Å²) < 4.78 is 45.9. The molecule has 0 aromatic rings. The number of rotatable bonds is 6. The van der Waals surface area contributed by atoms with Gasteiger partial charge in [0.2, 0.25) is 0 Å². The van der Waals surface area contributed by atoms with Gasteiger partial charge >= 0.3 is 14.0 Å². The molecule has 0 fully saturated rings. The van der Waals surface area contributed by atoms with E-state index in [9.17, 15) is 13.2 Å². The predicted octanol–water partition coefficient (Wildman–Crippen LogP) is 3.19. The topological polar surface area (TPSA) is 18.5 Å². The molecular weight excluding hydrogens is 237 g/mol.